The van der Waals surface area contributed by atoms with E-state index in [-0.39, 0.29) is 24.3 Å². The Bertz CT molecular complexity index is 686. The van der Waals surface area contributed by atoms with Gasteiger partial charge in [-0.2, -0.15) is 0 Å². The third-order valence-corrected chi connectivity index (χ3v) is 5.88. The Balaban J connectivity index is 1.56. The zero-order valence-corrected chi connectivity index (χ0v) is 15.7. The van der Waals surface area contributed by atoms with Gasteiger partial charge in [0.15, 0.2) is 0 Å². The lowest BCUT2D eigenvalue weighted by Crippen LogP contribution is -2.56. The fourth-order valence-electron chi connectivity index (χ4n) is 3.62. The van der Waals surface area contributed by atoms with Gasteiger partial charge >= 0.3 is 0 Å². The van der Waals surface area contributed by atoms with Crippen LogP contribution in [0.1, 0.15) is 36.5 Å². The molecule has 2 heterocycles. The summed E-state index contributed by atoms with van der Waals surface area (Å²) in [6.45, 7) is 3.22. The van der Waals surface area contributed by atoms with Gasteiger partial charge in [0.2, 0.25) is 5.91 Å². The van der Waals surface area contributed by atoms with E-state index >= 15 is 0 Å². The van der Waals surface area contributed by atoms with Crippen molar-refractivity contribution in [1.29, 1.82) is 0 Å². The van der Waals surface area contributed by atoms with Crippen molar-refractivity contribution in [2.75, 3.05) is 26.2 Å². The smallest absolute Gasteiger partial charge is 0.255 e. The zero-order valence-electron chi connectivity index (χ0n) is 14.9. The number of nitrogens with zero attached hydrogens (tertiary/aromatic N) is 2. The average Bonchev–Trinajstić information content (AvgIpc) is 2.63. The first kappa shape index (κ1) is 19.1. The van der Waals surface area contributed by atoms with Crippen molar-refractivity contribution in [3.05, 3.63) is 34.9 Å². The van der Waals surface area contributed by atoms with Crippen LogP contribution in [-0.4, -0.2) is 69.7 Å². The second-order valence-corrected chi connectivity index (χ2v) is 7.86. The van der Waals surface area contributed by atoms with Crippen LogP contribution >= 0.6 is 11.6 Å². The SMILES string of the molecule is C[C@@]1(O)CCN(C(=O)C2CCN(C(=O)c3ccccc3Cl)CC2)C[C@@H]1O. The maximum absolute atomic E-state index is 12.7. The first-order valence-electron chi connectivity index (χ1n) is 9.02. The van der Waals surface area contributed by atoms with E-state index in [1.54, 1.807) is 41.0 Å². The van der Waals surface area contributed by atoms with Crippen molar-refractivity contribution in [3.8, 4) is 0 Å². The highest BCUT2D eigenvalue weighted by atomic mass is 35.5. The van der Waals surface area contributed by atoms with Gasteiger partial charge in [0.25, 0.3) is 5.91 Å². The molecule has 142 valence electrons. The molecule has 0 unspecified atom stereocenters. The van der Waals surface area contributed by atoms with Crippen molar-refractivity contribution >= 4 is 23.4 Å². The average molecular weight is 381 g/mol. The van der Waals surface area contributed by atoms with Gasteiger partial charge in [0.1, 0.15) is 0 Å². The van der Waals surface area contributed by atoms with Crippen molar-refractivity contribution in [1.82, 2.24) is 9.80 Å². The molecule has 0 saturated carbocycles. The number of carbonyl (C=O) groups is 2. The van der Waals surface area contributed by atoms with Gasteiger partial charge in [-0.1, -0.05) is 23.7 Å². The number of carbonyl (C=O) groups excluding carboxylic acids is 2. The minimum Gasteiger partial charge on any atom is -0.388 e. The summed E-state index contributed by atoms with van der Waals surface area (Å²) in [6, 6.07) is 6.98. The van der Waals surface area contributed by atoms with Crippen LogP contribution in [-0.2, 0) is 4.79 Å². The lowest BCUT2D eigenvalue weighted by atomic mass is 9.88. The molecule has 2 N–H and O–H groups in total. The third kappa shape index (κ3) is 3.87. The number of amides is 2. The molecule has 0 aliphatic carbocycles. The van der Waals surface area contributed by atoms with E-state index in [4.69, 9.17) is 11.6 Å². The largest absolute Gasteiger partial charge is 0.388 e. The number of rotatable bonds is 2. The fourth-order valence-corrected chi connectivity index (χ4v) is 3.83. The predicted molar refractivity (Wildman–Crippen MR) is 97.9 cm³/mol. The van der Waals surface area contributed by atoms with Crippen LogP contribution in [0.5, 0.6) is 0 Å². The Morgan fingerprint density at radius 3 is 2.42 bits per heavy atom. The number of aliphatic hydroxyl groups is 2. The Kier molecular flexibility index (Phi) is 5.55. The van der Waals surface area contributed by atoms with Gasteiger partial charge < -0.3 is 20.0 Å². The topological polar surface area (TPSA) is 81.1 Å². The molecule has 26 heavy (non-hydrogen) atoms. The highest BCUT2D eigenvalue weighted by Crippen LogP contribution is 2.27. The van der Waals surface area contributed by atoms with Crippen LogP contribution in [0.3, 0.4) is 0 Å². The molecule has 2 aliphatic rings. The number of benzene rings is 1. The molecule has 1 aromatic rings. The molecule has 2 atom stereocenters. The Morgan fingerprint density at radius 2 is 1.81 bits per heavy atom. The van der Waals surface area contributed by atoms with E-state index in [0.29, 0.717) is 49.5 Å². The van der Waals surface area contributed by atoms with Crippen LogP contribution in [0.25, 0.3) is 0 Å². The van der Waals surface area contributed by atoms with Crippen molar-refractivity contribution in [2.45, 2.75) is 37.9 Å². The summed E-state index contributed by atoms with van der Waals surface area (Å²) in [5.41, 5.74) is -0.651. The Morgan fingerprint density at radius 1 is 1.15 bits per heavy atom. The molecule has 3 rings (SSSR count). The number of hydrogen-bond acceptors (Lipinski definition) is 4. The third-order valence-electron chi connectivity index (χ3n) is 5.55. The van der Waals surface area contributed by atoms with Gasteiger partial charge in [-0.25, -0.2) is 0 Å². The van der Waals surface area contributed by atoms with Crippen LogP contribution in [0.4, 0.5) is 0 Å². The molecule has 6 nitrogen and oxygen atoms in total. The summed E-state index contributed by atoms with van der Waals surface area (Å²) in [4.78, 5) is 28.7. The molecule has 0 radical (unpaired) electrons. The number of likely N-dealkylation sites (tertiary alicyclic amines) is 2. The highest BCUT2D eigenvalue weighted by Gasteiger charge is 2.40. The summed E-state index contributed by atoms with van der Waals surface area (Å²) in [5, 5.41) is 20.5. The number of piperidine rings is 2. The summed E-state index contributed by atoms with van der Waals surface area (Å²) in [5.74, 6) is -0.254. The standard InChI is InChI=1S/C19H25ClN2O4/c1-19(26)8-11-22(12-16(19)23)17(24)13-6-9-21(10-7-13)18(25)14-4-2-3-5-15(14)20/h2-5,13,16,23,26H,6-12H2,1H3/t16-,19+/m0/s1. The fraction of sp³-hybridized carbons (Fsp3) is 0.579. The molecular formula is C19H25ClN2O4. The van der Waals surface area contributed by atoms with E-state index in [2.05, 4.69) is 0 Å². The number of halogens is 1. The van der Waals surface area contributed by atoms with Gasteiger partial charge in [-0.15, -0.1) is 0 Å². The highest BCUT2D eigenvalue weighted by molar-refractivity contribution is 6.33. The molecule has 2 aliphatic heterocycles. The van der Waals surface area contributed by atoms with Gasteiger partial charge in [-0.05, 0) is 38.3 Å². The van der Waals surface area contributed by atoms with Crippen molar-refractivity contribution in [2.24, 2.45) is 5.92 Å². The molecule has 1 aromatic carbocycles. The molecule has 0 aromatic heterocycles. The minimum absolute atomic E-state index is 0.00407. The van der Waals surface area contributed by atoms with Crippen LogP contribution in [0.15, 0.2) is 24.3 Å². The van der Waals surface area contributed by atoms with E-state index in [9.17, 15) is 19.8 Å². The van der Waals surface area contributed by atoms with Crippen LogP contribution in [0.2, 0.25) is 5.02 Å². The molecule has 2 amide bonds. The van der Waals surface area contributed by atoms with Crippen LogP contribution < -0.4 is 0 Å². The van der Waals surface area contributed by atoms with Gasteiger partial charge in [-0.3, -0.25) is 9.59 Å². The first-order valence-corrected chi connectivity index (χ1v) is 9.40. The lowest BCUT2D eigenvalue weighted by Gasteiger charge is -2.42. The van der Waals surface area contributed by atoms with Gasteiger partial charge in [0, 0.05) is 32.1 Å². The normalized spacial score (nSPS) is 27.5. The van der Waals surface area contributed by atoms with E-state index < -0.39 is 11.7 Å². The Labute approximate surface area is 158 Å². The maximum atomic E-state index is 12.7. The lowest BCUT2D eigenvalue weighted by molar-refractivity contribution is -0.151. The number of β-amino-alcohol motifs (C(OH)–C–C–N with tert-alkyl or cyclic N) is 1. The minimum atomic E-state index is -1.14. The summed E-state index contributed by atoms with van der Waals surface area (Å²) in [7, 11) is 0. The molecule has 2 fully saturated rings. The van der Waals surface area contributed by atoms with Crippen LogP contribution in [0, 0.1) is 5.92 Å². The van der Waals surface area contributed by atoms with Crippen molar-refractivity contribution < 1.29 is 19.8 Å². The number of aliphatic hydroxyl groups excluding tert-OH is 1. The monoisotopic (exact) mass is 380 g/mol. The number of hydrogen-bond donors (Lipinski definition) is 2. The molecule has 7 heteroatoms. The Hall–Kier alpha value is -1.63. The van der Waals surface area contributed by atoms with E-state index in [0.717, 1.165) is 0 Å². The quantitative estimate of drug-likeness (QED) is 0.815. The zero-order chi connectivity index (χ0) is 18.9. The maximum Gasteiger partial charge on any atom is 0.255 e. The van der Waals surface area contributed by atoms with Gasteiger partial charge in [0.05, 0.1) is 22.3 Å². The summed E-state index contributed by atoms with van der Waals surface area (Å²) >= 11 is 6.10. The van der Waals surface area contributed by atoms with E-state index in [1.165, 1.54) is 0 Å². The second kappa shape index (κ2) is 7.55. The molecule has 0 bridgehead atoms. The summed E-state index contributed by atoms with van der Waals surface area (Å²) < 4.78 is 0. The molecular weight excluding hydrogens is 356 g/mol. The second-order valence-electron chi connectivity index (χ2n) is 7.45. The van der Waals surface area contributed by atoms with Crippen molar-refractivity contribution in [3.63, 3.8) is 0 Å². The van der Waals surface area contributed by atoms with E-state index in [1.807, 2.05) is 0 Å². The summed E-state index contributed by atoms with van der Waals surface area (Å²) in [6.07, 6.45) is 0.627. The molecule has 2 saturated heterocycles. The molecule has 0 spiro atoms. The first-order chi connectivity index (χ1) is 12.3. The predicted octanol–water partition coefficient (Wildman–Crippen LogP) is 1.54.